The van der Waals surface area contributed by atoms with Crippen molar-refractivity contribution in [3.63, 3.8) is 0 Å². The molecule has 2 unspecified atom stereocenters. The van der Waals surface area contributed by atoms with Crippen molar-refractivity contribution in [3.05, 3.63) is 0 Å². The zero-order valence-corrected chi connectivity index (χ0v) is 16.4. The molecule has 0 nitrogen and oxygen atoms in total. The summed E-state index contributed by atoms with van der Waals surface area (Å²) in [4.78, 5) is 0. The van der Waals surface area contributed by atoms with Crippen LogP contribution in [0.25, 0.3) is 0 Å². The van der Waals surface area contributed by atoms with Crippen LogP contribution in [0.1, 0.15) is 92.9 Å². The Bertz CT molecular complexity index is 180. The van der Waals surface area contributed by atoms with Crippen LogP contribution in [0.5, 0.6) is 0 Å². The van der Waals surface area contributed by atoms with E-state index >= 15 is 0 Å². The topological polar surface area (TPSA) is 0 Å². The molecule has 0 aliphatic rings. The van der Waals surface area contributed by atoms with Crippen molar-refractivity contribution in [2.24, 2.45) is 11.8 Å². The summed E-state index contributed by atoms with van der Waals surface area (Å²) >= 11 is 0. The molecule has 20 heavy (non-hydrogen) atoms. The summed E-state index contributed by atoms with van der Waals surface area (Å²) in [5, 5.41) is 1.74. The van der Waals surface area contributed by atoms with Gasteiger partial charge in [-0.1, -0.05) is 88.8 Å². The molecule has 0 aromatic rings. The van der Waals surface area contributed by atoms with Gasteiger partial charge in [0.25, 0.3) is 0 Å². The molecule has 0 rings (SSSR count). The molecule has 122 valence electrons. The molecule has 0 heterocycles. The van der Waals surface area contributed by atoms with Gasteiger partial charge >= 0.3 is 0 Å². The number of hydrogen-bond donors (Lipinski definition) is 0. The molecule has 0 aliphatic carbocycles. The van der Waals surface area contributed by atoms with Crippen LogP contribution in [0.15, 0.2) is 0 Å². The van der Waals surface area contributed by atoms with Crippen LogP contribution in [-0.4, -0.2) is 10.5 Å². The molecule has 0 aromatic carbocycles. The second-order valence-corrected chi connectivity index (χ2v) is 9.85. The quantitative estimate of drug-likeness (QED) is 0.321. The minimum absolute atomic E-state index is 0.837. The lowest BCUT2D eigenvalue weighted by molar-refractivity contribution is 0.535. The first-order valence-corrected chi connectivity index (χ1v) is 11.1. The van der Waals surface area contributed by atoms with Crippen LogP contribution in [0.2, 0.25) is 0 Å². The summed E-state index contributed by atoms with van der Waals surface area (Å²) < 4.78 is 0. The van der Waals surface area contributed by atoms with Crippen LogP contribution in [0.3, 0.4) is 0 Å². The highest BCUT2D eigenvalue weighted by atomic mass is 33.1. The van der Waals surface area contributed by atoms with Crippen molar-refractivity contribution in [2.45, 2.75) is 103 Å². The van der Waals surface area contributed by atoms with Crippen molar-refractivity contribution < 1.29 is 0 Å². The van der Waals surface area contributed by atoms with E-state index in [4.69, 9.17) is 0 Å². The number of rotatable bonds is 13. The highest BCUT2D eigenvalue weighted by molar-refractivity contribution is 8.77. The summed E-state index contributed by atoms with van der Waals surface area (Å²) in [5.74, 6) is 1.67. The average Bonchev–Trinajstić information content (AvgIpc) is 2.37. The molecule has 0 radical (unpaired) electrons. The number of hydrogen-bond acceptors (Lipinski definition) is 2. The lowest BCUT2D eigenvalue weighted by atomic mass is 10.0. The minimum Gasteiger partial charge on any atom is -0.0904 e. The van der Waals surface area contributed by atoms with Crippen molar-refractivity contribution in [3.8, 4) is 0 Å². The first-order chi connectivity index (χ1) is 9.49. The van der Waals surface area contributed by atoms with Crippen LogP contribution < -0.4 is 0 Å². The van der Waals surface area contributed by atoms with E-state index in [2.05, 4.69) is 63.1 Å². The molecule has 2 heteroatoms. The summed E-state index contributed by atoms with van der Waals surface area (Å²) in [7, 11) is 4.41. The van der Waals surface area contributed by atoms with Gasteiger partial charge in [0.1, 0.15) is 0 Å². The molecular formula is C18H38S2. The second-order valence-electron chi connectivity index (χ2n) is 6.98. The van der Waals surface area contributed by atoms with Gasteiger partial charge in [0.05, 0.1) is 0 Å². The molecule has 0 N–H and O–H groups in total. The fourth-order valence-electron chi connectivity index (χ4n) is 2.48. The molecule has 0 saturated heterocycles. The highest BCUT2D eigenvalue weighted by Gasteiger charge is 2.17. The summed E-state index contributed by atoms with van der Waals surface area (Å²) in [6.45, 7) is 14.1. The molecule has 0 aliphatic heterocycles. The van der Waals surface area contributed by atoms with E-state index in [9.17, 15) is 0 Å². The molecule has 0 spiro atoms. The molecule has 0 aromatic heterocycles. The second kappa shape index (κ2) is 13.4. The fraction of sp³-hybridized carbons (Fsp3) is 1.00. The monoisotopic (exact) mass is 318 g/mol. The smallest absolute Gasteiger partial charge is 0.0154 e. The largest absolute Gasteiger partial charge is 0.0904 e. The molecular weight excluding hydrogens is 280 g/mol. The van der Waals surface area contributed by atoms with E-state index in [0.717, 1.165) is 22.3 Å². The van der Waals surface area contributed by atoms with Gasteiger partial charge in [0.2, 0.25) is 0 Å². The third-order valence-electron chi connectivity index (χ3n) is 3.56. The predicted molar refractivity (Wildman–Crippen MR) is 101 cm³/mol. The lowest BCUT2D eigenvalue weighted by Crippen LogP contribution is -2.09. The van der Waals surface area contributed by atoms with Crippen LogP contribution in [-0.2, 0) is 0 Å². The van der Waals surface area contributed by atoms with E-state index in [0.29, 0.717) is 0 Å². The van der Waals surface area contributed by atoms with Crippen molar-refractivity contribution in [1.29, 1.82) is 0 Å². The Morgan fingerprint density at radius 3 is 1.25 bits per heavy atom. The first-order valence-electron chi connectivity index (χ1n) is 8.81. The maximum absolute atomic E-state index is 2.37. The Hall–Kier alpha value is 0.700. The van der Waals surface area contributed by atoms with Crippen molar-refractivity contribution in [1.82, 2.24) is 0 Å². The normalized spacial score (nSPS) is 15.0. The van der Waals surface area contributed by atoms with Crippen molar-refractivity contribution >= 4 is 21.6 Å². The molecule has 2 atom stereocenters. The zero-order chi connectivity index (χ0) is 15.4. The fourth-order valence-corrected chi connectivity index (χ4v) is 6.24. The van der Waals surface area contributed by atoms with Gasteiger partial charge in [0.15, 0.2) is 0 Å². The third kappa shape index (κ3) is 12.4. The van der Waals surface area contributed by atoms with Gasteiger partial charge in [0, 0.05) is 10.5 Å². The van der Waals surface area contributed by atoms with Crippen molar-refractivity contribution in [2.75, 3.05) is 0 Å². The van der Waals surface area contributed by atoms with Gasteiger partial charge in [-0.05, 0) is 37.5 Å². The Morgan fingerprint density at radius 1 is 0.650 bits per heavy atom. The third-order valence-corrected chi connectivity index (χ3v) is 7.03. The first kappa shape index (κ1) is 20.7. The van der Waals surface area contributed by atoms with Gasteiger partial charge in [-0.3, -0.25) is 0 Å². The van der Waals surface area contributed by atoms with E-state index in [1.54, 1.807) is 0 Å². The van der Waals surface area contributed by atoms with Crippen LogP contribution >= 0.6 is 21.6 Å². The van der Waals surface area contributed by atoms with Crippen LogP contribution in [0, 0.1) is 11.8 Å². The standard InChI is InChI=1S/C18H38S2/c1-7-9-11-17(13-15(3)4)19-20-18(12-10-8-2)14-16(5)6/h15-18H,7-14H2,1-6H3. The number of unbranched alkanes of at least 4 members (excludes halogenated alkanes) is 2. The van der Waals surface area contributed by atoms with E-state index in [-0.39, 0.29) is 0 Å². The maximum Gasteiger partial charge on any atom is 0.0154 e. The molecule has 0 fully saturated rings. The van der Waals surface area contributed by atoms with Gasteiger partial charge in [-0.15, -0.1) is 0 Å². The minimum atomic E-state index is 0.837. The maximum atomic E-state index is 2.37. The summed E-state index contributed by atoms with van der Waals surface area (Å²) in [6.07, 6.45) is 11.1. The lowest BCUT2D eigenvalue weighted by Gasteiger charge is -2.23. The zero-order valence-electron chi connectivity index (χ0n) is 14.8. The SMILES string of the molecule is CCCCC(CC(C)C)SSC(CCCC)CC(C)C. The van der Waals surface area contributed by atoms with E-state index in [1.165, 1.54) is 51.4 Å². The van der Waals surface area contributed by atoms with E-state index in [1.807, 2.05) is 0 Å². The predicted octanol–water partition coefficient (Wildman–Crippen LogP) is 7.58. The Morgan fingerprint density at radius 2 is 1.00 bits per heavy atom. The molecule has 0 bridgehead atoms. The average molecular weight is 319 g/mol. The Kier molecular flexibility index (Phi) is 13.8. The Balaban J connectivity index is 4.20. The Labute approximate surface area is 137 Å². The van der Waals surface area contributed by atoms with Gasteiger partial charge in [-0.2, -0.15) is 0 Å². The van der Waals surface area contributed by atoms with Crippen LogP contribution in [0.4, 0.5) is 0 Å². The molecule has 0 amide bonds. The summed E-state index contributed by atoms with van der Waals surface area (Å²) in [6, 6.07) is 0. The van der Waals surface area contributed by atoms with Gasteiger partial charge < -0.3 is 0 Å². The summed E-state index contributed by atoms with van der Waals surface area (Å²) in [5.41, 5.74) is 0. The highest BCUT2D eigenvalue weighted by Crippen LogP contribution is 2.40. The van der Waals surface area contributed by atoms with Gasteiger partial charge in [-0.25, -0.2) is 0 Å². The molecule has 0 saturated carbocycles. The van der Waals surface area contributed by atoms with E-state index < -0.39 is 0 Å².